The molecule has 6 nitrogen and oxygen atoms in total. The average molecular weight is 327 g/mol. The number of carbonyl (C=O) groups excluding carboxylic acids is 3. The zero-order valence-corrected chi connectivity index (χ0v) is 11.8. The van der Waals surface area contributed by atoms with Crippen molar-refractivity contribution in [2.75, 3.05) is 19.6 Å². The Bertz CT molecular complexity index is 667. The molecule has 0 spiro atoms. The zero-order valence-electron chi connectivity index (χ0n) is 11.8. The van der Waals surface area contributed by atoms with Gasteiger partial charge in [-0.15, -0.1) is 0 Å². The summed E-state index contributed by atoms with van der Waals surface area (Å²) >= 11 is 0. The molecule has 0 unspecified atom stereocenters. The van der Waals surface area contributed by atoms with Crippen molar-refractivity contribution in [3.05, 3.63) is 35.4 Å². The van der Waals surface area contributed by atoms with Crippen molar-refractivity contribution in [1.82, 2.24) is 15.1 Å². The van der Waals surface area contributed by atoms with Crippen LogP contribution in [0.1, 0.15) is 15.9 Å². The SMILES string of the molecule is O=C(c1ccccc1C(F)(F)F)N1CC(N2C(=O)CNC2=O)C1. The summed E-state index contributed by atoms with van der Waals surface area (Å²) in [5.74, 6) is -1.16. The van der Waals surface area contributed by atoms with E-state index in [0.717, 1.165) is 17.0 Å². The number of hydrogen-bond donors (Lipinski definition) is 1. The monoisotopic (exact) mass is 327 g/mol. The fourth-order valence-electron chi connectivity index (χ4n) is 2.68. The molecule has 1 aromatic rings. The van der Waals surface area contributed by atoms with Gasteiger partial charge in [-0.1, -0.05) is 12.1 Å². The molecule has 2 aliphatic heterocycles. The number of benzene rings is 1. The first-order valence-corrected chi connectivity index (χ1v) is 6.84. The van der Waals surface area contributed by atoms with Gasteiger partial charge < -0.3 is 10.2 Å². The molecule has 23 heavy (non-hydrogen) atoms. The Kier molecular flexibility index (Phi) is 3.50. The molecule has 1 N–H and O–H groups in total. The smallest absolute Gasteiger partial charge is 0.334 e. The second-order valence-electron chi connectivity index (χ2n) is 5.33. The summed E-state index contributed by atoms with van der Waals surface area (Å²) in [6.45, 7) is -0.0332. The number of hydrogen-bond acceptors (Lipinski definition) is 3. The van der Waals surface area contributed by atoms with Crippen LogP contribution < -0.4 is 5.32 Å². The lowest BCUT2D eigenvalue weighted by atomic mass is 10.0. The van der Waals surface area contributed by atoms with Crippen LogP contribution in [0.3, 0.4) is 0 Å². The molecule has 2 aliphatic rings. The Morgan fingerprint density at radius 1 is 1.17 bits per heavy atom. The summed E-state index contributed by atoms with van der Waals surface area (Å²) in [6.07, 6.45) is -4.62. The molecule has 1 aromatic carbocycles. The van der Waals surface area contributed by atoms with E-state index in [-0.39, 0.29) is 19.6 Å². The minimum absolute atomic E-state index is 0.0319. The highest BCUT2D eigenvalue weighted by atomic mass is 19.4. The Labute approximate surface area is 128 Å². The molecule has 0 atom stereocenters. The molecule has 0 saturated carbocycles. The van der Waals surface area contributed by atoms with Gasteiger partial charge in [0.1, 0.15) is 0 Å². The quantitative estimate of drug-likeness (QED) is 0.827. The number of nitrogens with one attached hydrogen (secondary N) is 1. The normalized spacial score (nSPS) is 18.9. The number of likely N-dealkylation sites (tertiary alicyclic amines) is 1. The summed E-state index contributed by atoms with van der Waals surface area (Å²) in [5, 5.41) is 2.36. The number of nitrogens with zero attached hydrogens (tertiary/aromatic N) is 2. The predicted molar refractivity (Wildman–Crippen MR) is 71.4 cm³/mol. The van der Waals surface area contributed by atoms with E-state index in [0.29, 0.717) is 0 Å². The Morgan fingerprint density at radius 2 is 1.83 bits per heavy atom. The van der Waals surface area contributed by atoms with Crippen LogP contribution in [0.2, 0.25) is 0 Å². The van der Waals surface area contributed by atoms with E-state index in [4.69, 9.17) is 0 Å². The first-order valence-electron chi connectivity index (χ1n) is 6.84. The number of carbonyl (C=O) groups is 3. The van der Waals surface area contributed by atoms with Crippen molar-refractivity contribution >= 4 is 17.8 Å². The predicted octanol–water partition coefficient (Wildman–Crippen LogP) is 1.08. The lowest BCUT2D eigenvalue weighted by molar-refractivity contribution is -0.138. The molecule has 0 aromatic heterocycles. The van der Waals surface area contributed by atoms with Crippen LogP contribution in [0.25, 0.3) is 0 Å². The highest BCUT2D eigenvalue weighted by molar-refractivity contribution is 6.03. The molecule has 9 heteroatoms. The van der Waals surface area contributed by atoms with Crippen LogP contribution in [-0.2, 0) is 11.0 Å². The highest BCUT2D eigenvalue weighted by Gasteiger charge is 2.44. The van der Waals surface area contributed by atoms with E-state index in [1.165, 1.54) is 17.0 Å². The number of alkyl halides is 3. The maximum Gasteiger partial charge on any atom is 0.417 e. The summed E-state index contributed by atoms with van der Waals surface area (Å²) in [4.78, 5) is 37.5. The minimum atomic E-state index is -4.62. The minimum Gasteiger partial charge on any atom is -0.334 e. The van der Waals surface area contributed by atoms with E-state index in [1.54, 1.807) is 0 Å². The maximum atomic E-state index is 12.9. The van der Waals surface area contributed by atoms with Gasteiger partial charge in [-0.3, -0.25) is 14.5 Å². The largest absolute Gasteiger partial charge is 0.417 e. The third-order valence-electron chi connectivity index (χ3n) is 3.86. The van der Waals surface area contributed by atoms with E-state index in [1.807, 2.05) is 0 Å². The average Bonchev–Trinajstić information content (AvgIpc) is 2.77. The molecule has 0 radical (unpaired) electrons. The fourth-order valence-corrected chi connectivity index (χ4v) is 2.68. The molecule has 0 aliphatic carbocycles. The van der Waals surface area contributed by atoms with Crippen molar-refractivity contribution in [2.45, 2.75) is 12.2 Å². The van der Waals surface area contributed by atoms with E-state index >= 15 is 0 Å². The van der Waals surface area contributed by atoms with Crippen molar-refractivity contribution in [3.63, 3.8) is 0 Å². The second-order valence-corrected chi connectivity index (χ2v) is 5.33. The van der Waals surface area contributed by atoms with Gasteiger partial charge in [0.25, 0.3) is 5.91 Å². The second kappa shape index (κ2) is 5.25. The van der Waals surface area contributed by atoms with Crippen molar-refractivity contribution in [2.24, 2.45) is 0 Å². The van der Waals surface area contributed by atoms with E-state index in [9.17, 15) is 27.6 Å². The lowest BCUT2D eigenvalue weighted by Gasteiger charge is -2.42. The molecule has 0 bridgehead atoms. The third kappa shape index (κ3) is 2.62. The zero-order chi connectivity index (χ0) is 16.8. The van der Waals surface area contributed by atoms with Crippen molar-refractivity contribution in [3.8, 4) is 0 Å². The standard InChI is InChI=1S/C14H12F3N3O3/c15-14(16,17)10-4-2-1-3-9(10)12(22)19-6-8(7-19)20-11(21)5-18-13(20)23/h1-4,8H,5-7H2,(H,18,23). The number of imide groups is 1. The molecule has 122 valence electrons. The Balaban J connectivity index is 1.73. The molecule has 4 amide bonds. The van der Waals surface area contributed by atoms with Crippen LogP contribution in [0.15, 0.2) is 24.3 Å². The summed E-state index contributed by atoms with van der Waals surface area (Å²) in [6, 6.07) is 3.51. The van der Waals surface area contributed by atoms with Crippen LogP contribution in [0.5, 0.6) is 0 Å². The lowest BCUT2D eigenvalue weighted by Crippen LogP contribution is -2.62. The van der Waals surface area contributed by atoms with Crippen LogP contribution in [0, 0.1) is 0 Å². The van der Waals surface area contributed by atoms with Crippen molar-refractivity contribution < 1.29 is 27.6 Å². The Hall–Kier alpha value is -2.58. The van der Waals surface area contributed by atoms with Gasteiger partial charge >= 0.3 is 12.2 Å². The molecule has 2 saturated heterocycles. The van der Waals surface area contributed by atoms with E-state index in [2.05, 4.69) is 5.32 Å². The fraction of sp³-hybridized carbons (Fsp3) is 0.357. The van der Waals surface area contributed by atoms with Gasteiger partial charge in [-0.05, 0) is 12.1 Å². The van der Waals surface area contributed by atoms with Crippen LogP contribution in [0.4, 0.5) is 18.0 Å². The van der Waals surface area contributed by atoms with Gasteiger partial charge in [0, 0.05) is 13.1 Å². The van der Waals surface area contributed by atoms with Gasteiger partial charge in [-0.2, -0.15) is 13.2 Å². The number of urea groups is 1. The van der Waals surface area contributed by atoms with Gasteiger partial charge in [0.05, 0.1) is 23.7 Å². The van der Waals surface area contributed by atoms with Crippen LogP contribution >= 0.6 is 0 Å². The number of rotatable bonds is 2. The van der Waals surface area contributed by atoms with Crippen LogP contribution in [-0.4, -0.2) is 53.3 Å². The third-order valence-corrected chi connectivity index (χ3v) is 3.86. The van der Waals surface area contributed by atoms with Gasteiger partial charge in [0.2, 0.25) is 5.91 Å². The molecule has 2 heterocycles. The first kappa shape index (κ1) is 15.3. The molecule has 3 rings (SSSR count). The summed E-state index contributed by atoms with van der Waals surface area (Å²) in [5.41, 5.74) is -1.43. The maximum absolute atomic E-state index is 12.9. The molecular formula is C14H12F3N3O3. The molecule has 2 fully saturated rings. The topological polar surface area (TPSA) is 69.7 Å². The van der Waals surface area contributed by atoms with Gasteiger partial charge in [-0.25, -0.2) is 4.79 Å². The highest BCUT2D eigenvalue weighted by Crippen LogP contribution is 2.33. The summed E-state index contributed by atoms with van der Waals surface area (Å²) in [7, 11) is 0. The van der Waals surface area contributed by atoms with E-state index < -0.39 is 41.2 Å². The summed E-state index contributed by atoms with van der Waals surface area (Å²) < 4.78 is 38.8. The van der Waals surface area contributed by atoms with Gasteiger partial charge in [0.15, 0.2) is 0 Å². The number of amides is 4. The van der Waals surface area contributed by atoms with Crippen molar-refractivity contribution in [1.29, 1.82) is 0 Å². The first-order chi connectivity index (χ1) is 10.8. The number of halogens is 3. The Morgan fingerprint density at radius 3 is 2.39 bits per heavy atom. The molecular weight excluding hydrogens is 315 g/mol.